The van der Waals surface area contributed by atoms with E-state index >= 15 is 0 Å². The van der Waals surface area contributed by atoms with Gasteiger partial charge in [0.2, 0.25) is 11.7 Å². The lowest BCUT2D eigenvalue weighted by atomic mass is 9.75. The maximum absolute atomic E-state index is 5.50. The second-order valence-electron chi connectivity index (χ2n) is 6.98. The molecule has 25 heavy (non-hydrogen) atoms. The average molecular weight is 339 g/mol. The Morgan fingerprint density at radius 3 is 3.00 bits per heavy atom. The van der Waals surface area contributed by atoms with Crippen LogP contribution in [0.2, 0.25) is 0 Å². The van der Waals surface area contributed by atoms with Crippen LogP contribution in [0.25, 0.3) is 11.6 Å². The molecule has 0 unspecified atom stereocenters. The first kappa shape index (κ1) is 14.9. The van der Waals surface area contributed by atoms with Gasteiger partial charge >= 0.3 is 0 Å². The van der Waals surface area contributed by atoms with Crippen molar-refractivity contribution >= 4 is 0 Å². The van der Waals surface area contributed by atoms with E-state index in [0.717, 1.165) is 25.8 Å². The number of hydrogen-bond acceptors (Lipinski definition) is 6. The van der Waals surface area contributed by atoms with Crippen molar-refractivity contribution < 1.29 is 8.94 Å². The van der Waals surface area contributed by atoms with Gasteiger partial charge in [-0.15, -0.1) is 0 Å². The number of furan rings is 1. The number of nitrogens with zero attached hydrogens (tertiary/aromatic N) is 4. The molecule has 0 amide bonds. The Labute approximate surface area is 145 Å². The fourth-order valence-corrected chi connectivity index (χ4v) is 4.43. The minimum atomic E-state index is 0.00511. The van der Waals surface area contributed by atoms with Gasteiger partial charge < -0.3 is 13.9 Å². The molecule has 5 rings (SSSR count). The highest BCUT2D eigenvalue weighted by atomic mass is 16.5. The Kier molecular flexibility index (Phi) is 3.48. The quantitative estimate of drug-likeness (QED) is 0.788. The fourth-order valence-electron chi connectivity index (χ4n) is 4.43. The largest absolute Gasteiger partial charge is 0.461 e. The molecule has 1 N–H and O–H groups in total. The molecule has 0 bridgehead atoms. The zero-order valence-electron chi connectivity index (χ0n) is 14.1. The smallest absolute Gasteiger partial charge is 0.241 e. The van der Waals surface area contributed by atoms with Gasteiger partial charge in [-0.25, -0.2) is 4.98 Å². The van der Waals surface area contributed by atoms with Crippen LogP contribution < -0.4 is 0 Å². The molecule has 0 atom stereocenters. The van der Waals surface area contributed by atoms with E-state index in [1.54, 1.807) is 6.26 Å². The van der Waals surface area contributed by atoms with E-state index in [1.165, 1.54) is 30.7 Å². The van der Waals surface area contributed by atoms with Crippen molar-refractivity contribution in [2.24, 2.45) is 0 Å². The maximum atomic E-state index is 5.50. The van der Waals surface area contributed by atoms with Crippen molar-refractivity contribution in [2.45, 2.75) is 50.6 Å². The Bertz CT molecular complexity index is 845. The van der Waals surface area contributed by atoms with Crippen molar-refractivity contribution in [3.8, 4) is 11.6 Å². The van der Waals surface area contributed by atoms with Crippen LogP contribution >= 0.6 is 0 Å². The van der Waals surface area contributed by atoms with Crippen molar-refractivity contribution in [3.63, 3.8) is 0 Å². The van der Waals surface area contributed by atoms with Crippen molar-refractivity contribution in [1.29, 1.82) is 0 Å². The van der Waals surface area contributed by atoms with Gasteiger partial charge in [0.05, 0.1) is 30.4 Å². The summed E-state index contributed by atoms with van der Waals surface area (Å²) >= 11 is 0. The molecular formula is C18H21N5O2. The van der Waals surface area contributed by atoms with E-state index in [0.29, 0.717) is 24.0 Å². The van der Waals surface area contributed by atoms with Crippen LogP contribution in [0.5, 0.6) is 0 Å². The molecule has 0 saturated heterocycles. The number of aromatic amines is 1. The predicted octanol–water partition coefficient (Wildman–Crippen LogP) is 3.27. The van der Waals surface area contributed by atoms with Crippen LogP contribution in [0.4, 0.5) is 0 Å². The molecule has 7 nitrogen and oxygen atoms in total. The summed E-state index contributed by atoms with van der Waals surface area (Å²) in [6.07, 6.45) is 10.5. The molecular weight excluding hydrogens is 318 g/mol. The molecule has 1 fully saturated rings. The molecule has 3 aromatic rings. The van der Waals surface area contributed by atoms with Crippen LogP contribution in [0.15, 0.2) is 33.7 Å². The second-order valence-corrected chi connectivity index (χ2v) is 6.98. The molecule has 1 saturated carbocycles. The average Bonchev–Trinajstić information content (AvgIpc) is 3.39. The number of imidazole rings is 1. The lowest BCUT2D eigenvalue weighted by Crippen LogP contribution is -2.51. The van der Waals surface area contributed by atoms with E-state index < -0.39 is 0 Å². The Morgan fingerprint density at radius 1 is 1.24 bits per heavy atom. The predicted molar refractivity (Wildman–Crippen MR) is 89.5 cm³/mol. The SMILES string of the molecule is c1coc(-c2noc(CN3CCc4[nH]cnc4C34CCCCC4)n2)c1. The summed E-state index contributed by atoms with van der Waals surface area (Å²) in [5.74, 6) is 1.78. The third-order valence-corrected chi connectivity index (χ3v) is 5.61. The second kappa shape index (κ2) is 5.84. The normalized spacial score (nSPS) is 20.0. The van der Waals surface area contributed by atoms with E-state index in [9.17, 15) is 0 Å². The van der Waals surface area contributed by atoms with E-state index in [1.807, 2.05) is 18.5 Å². The first-order chi connectivity index (χ1) is 12.4. The van der Waals surface area contributed by atoms with E-state index in [2.05, 4.69) is 20.0 Å². The lowest BCUT2D eigenvalue weighted by molar-refractivity contribution is 0.0176. The summed E-state index contributed by atoms with van der Waals surface area (Å²) in [5, 5.41) is 4.06. The summed E-state index contributed by atoms with van der Waals surface area (Å²) in [4.78, 5) is 15.0. The summed E-state index contributed by atoms with van der Waals surface area (Å²) in [6.45, 7) is 1.63. The summed E-state index contributed by atoms with van der Waals surface area (Å²) in [5.41, 5.74) is 2.52. The Morgan fingerprint density at radius 2 is 2.16 bits per heavy atom. The summed E-state index contributed by atoms with van der Waals surface area (Å²) in [7, 11) is 0. The van der Waals surface area contributed by atoms with Gasteiger partial charge in [0, 0.05) is 18.7 Å². The van der Waals surface area contributed by atoms with Crippen molar-refractivity contribution in [3.05, 3.63) is 42.0 Å². The third-order valence-electron chi connectivity index (χ3n) is 5.61. The number of H-pyrrole nitrogens is 1. The molecule has 0 aromatic carbocycles. The number of nitrogens with one attached hydrogen (secondary N) is 1. The highest BCUT2D eigenvalue weighted by molar-refractivity contribution is 5.44. The van der Waals surface area contributed by atoms with Crippen LogP contribution in [0, 0.1) is 0 Å². The van der Waals surface area contributed by atoms with Crippen molar-refractivity contribution in [1.82, 2.24) is 25.0 Å². The lowest BCUT2D eigenvalue weighted by Gasteiger charge is -2.48. The van der Waals surface area contributed by atoms with Crippen LogP contribution in [0.1, 0.15) is 49.4 Å². The van der Waals surface area contributed by atoms with Crippen molar-refractivity contribution in [2.75, 3.05) is 6.54 Å². The number of hydrogen-bond donors (Lipinski definition) is 1. The molecule has 7 heteroatoms. The van der Waals surface area contributed by atoms with Gasteiger partial charge in [-0.1, -0.05) is 24.4 Å². The monoisotopic (exact) mass is 339 g/mol. The first-order valence-corrected chi connectivity index (χ1v) is 8.99. The maximum Gasteiger partial charge on any atom is 0.241 e. The molecule has 4 heterocycles. The third kappa shape index (κ3) is 2.41. The molecule has 3 aromatic heterocycles. The Balaban J connectivity index is 1.45. The van der Waals surface area contributed by atoms with Gasteiger partial charge in [0.1, 0.15) is 0 Å². The zero-order chi connectivity index (χ0) is 16.7. The summed E-state index contributed by atoms with van der Waals surface area (Å²) in [6, 6.07) is 3.67. The fraction of sp³-hybridized carbons (Fsp3) is 0.500. The minimum Gasteiger partial charge on any atom is -0.461 e. The number of aromatic nitrogens is 4. The molecule has 2 aliphatic rings. The first-order valence-electron chi connectivity index (χ1n) is 8.99. The zero-order valence-corrected chi connectivity index (χ0v) is 14.1. The van der Waals surface area contributed by atoms with Crippen LogP contribution in [0.3, 0.4) is 0 Å². The number of rotatable bonds is 3. The molecule has 130 valence electrons. The molecule has 0 radical (unpaired) electrons. The van der Waals surface area contributed by atoms with Gasteiger partial charge in [0.15, 0.2) is 5.76 Å². The molecule has 1 aliphatic heterocycles. The van der Waals surface area contributed by atoms with Gasteiger partial charge in [-0.3, -0.25) is 4.90 Å². The molecule has 1 spiro atoms. The highest BCUT2D eigenvalue weighted by Gasteiger charge is 2.45. The summed E-state index contributed by atoms with van der Waals surface area (Å²) < 4.78 is 10.9. The minimum absolute atomic E-state index is 0.00511. The van der Waals surface area contributed by atoms with Gasteiger partial charge in [0.25, 0.3) is 0 Å². The topological polar surface area (TPSA) is 84.0 Å². The molecule has 1 aliphatic carbocycles. The van der Waals surface area contributed by atoms with Gasteiger partial charge in [-0.2, -0.15) is 4.98 Å². The van der Waals surface area contributed by atoms with E-state index in [4.69, 9.17) is 13.9 Å². The Hall–Kier alpha value is -2.41. The highest BCUT2D eigenvalue weighted by Crippen LogP contribution is 2.45. The van der Waals surface area contributed by atoms with Crippen LogP contribution in [-0.4, -0.2) is 31.6 Å². The standard InChI is InChI=1S/C18H21N5O2/c1-2-7-18(8-3-1)16-13(19-12-20-16)6-9-23(18)11-15-21-17(22-25-15)14-5-4-10-24-14/h4-5,10,12H,1-3,6-9,11H2,(H,19,20). The van der Waals surface area contributed by atoms with Crippen LogP contribution in [-0.2, 0) is 18.5 Å². The van der Waals surface area contributed by atoms with Gasteiger partial charge in [-0.05, 0) is 25.0 Å². The van der Waals surface area contributed by atoms with E-state index in [-0.39, 0.29) is 5.54 Å². The number of fused-ring (bicyclic) bond motifs is 2.